The summed E-state index contributed by atoms with van der Waals surface area (Å²) < 4.78 is 0. The summed E-state index contributed by atoms with van der Waals surface area (Å²) >= 11 is 14.4. The topological polar surface area (TPSA) is 120 Å². The van der Waals surface area contributed by atoms with E-state index in [0.29, 0.717) is 47.1 Å². The van der Waals surface area contributed by atoms with Crippen molar-refractivity contribution in [2.45, 2.75) is 13.5 Å². The molecule has 0 aliphatic heterocycles. The molecule has 0 saturated heterocycles. The summed E-state index contributed by atoms with van der Waals surface area (Å²) in [5, 5.41) is 22.7. The summed E-state index contributed by atoms with van der Waals surface area (Å²) in [6, 6.07) is 15.1. The minimum absolute atomic E-state index is 0.0206. The fourth-order valence-corrected chi connectivity index (χ4v) is 5.58. The van der Waals surface area contributed by atoms with Gasteiger partial charge in [0.05, 0.1) is 36.0 Å². The molecule has 200 valence electrons. The van der Waals surface area contributed by atoms with Crippen LogP contribution in [0.25, 0.3) is 10.4 Å². The maximum atomic E-state index is 12.6. The van der Waals surface area contributed by atoms with Crippen LogP contribution < -0.4 is 16.1 Å². The zero-order valence-electron chi connectivity index (χ0n) is 20.7. The lowest BCUT2D eigenvalue weighted by Gasteiger charge is -2.05. The molecule has 2 heterocycles. The Kier molecular flexibility index (Phi) is 9.03. The van der Waals surface area contributed by atoms with Crippen LogP contribution in [0.5, 0.6) is 5.75 Å². The average Bonchev–Trinajstić information content (AvgIpc) is 3.59. The van der Waals surface area contributed by atoms with Gasteiger partial charge in [-0.25, -0.2) is 5.43 Å². The molecule has 0 saturated carbocycles. The molecule has 4 rings (SSSR count). The van der Waals surface area contributed by atoms with Gasteiger partial charge in [0.25, 0.3) is 17.7 Å². The van der Waals surface area contributed by atoms with Crippen molar-refractivity contribution in [3.05, 3.63) is 96.5 Å². The van der Waals surface area contributed by atoms with E-state index in [4.69, 9.17) is 23.2 Å². The highest BCUT2D eigenvalue weighted by atomic mass is 35.5. The van der Waals surface area contributed by atoms with Crippen LogP contribution in [0.15, 0.2) is 65.1 Å². The van der Waals surface area contributed by atoms with Gasteiger partial charge < -0.3 is 15.7 Å². The zero-order chi connectivity index (χ0) is 28.1. The van der Waals surface area contributed by atoms with E-state index in [0.717, 1.165) is 16.9 Å². The number of hydrazone groups is 1. The van der Waals surface area contributed by atoms with E-state index in [2.05, 4.69) is 21.2 Å². The fraction of sp³-hybridized carbons (Fsp3) is 0.111. The quantitative estimate of drug-likeness (QED) is 0.148. The van der Waals surface area contributed by atoms with Crippen LogP contribution in [-0.2, 0) is 6.54 Å². The predicted octanol–water partition coefficient (Wildman–Crippen LogP) is 5.93. The fourth-order valence-electron chi connectivity index (χ4n) is 3.47. The van der Waals surface area contributed by atoms with Gasteiger partial charge in [-0.3, -0.25) is 14.4 Å². The Balaban J connectivity index is 1.36. The first-order chi connectivity index (χ1) is 18.7. The summed E-state index contributed by atoms with van der Waals surface area (Å²) in [5.41, 5.74) is 5.41. The van der Waals surface area contributed by atoms with E-state index < -0.39 is 5.91 Å². The Labute approximate surface area is 242 Å². The van der Waals surface area contributed by atoms with Crippen molar-refractivity contribution in [1.82, 2.24) is 16.1 Å². The molecule has 8 nitrogen and oxygen atoms in total. The second kappa shape index (κ2) is 12.4. The van der Waals surface area contributed by atoms with E-state index in [-0.39, 0.29) is 24.1 Å². The van der Waals surface area contributed by atoms with Crippen LogP contribution in [0, 0.1) is 0 Å². The van der Waals surface area contributed by atoms with Gasteiger partial charge in [-0.2, -0.15) is 5.10 Å². The molecule has 12 heteroatoms. The Morgan fingerprint density at radius 1 is 0.923 bits per heavy atom. The van der Waals surface area contributed by atoms with E-state index in [1.807, 2.05) is 0 Å². The van der Waals surface area contributed by atoms with Crippen molar-refractivity contribution in [3.8, 4) is 16.2 Å². The zero-order valence-corrected chi connectivity index (χ0v) is 23.8. The Bertz CT molecular complexity index is 1580. The van der Waals surface area contributed by atoms with Gasteiger partial charge >= 0.3 is 0 Å². The van der Waals surface area contributed by atoms with Crippen molar-refractivity contribution in [2.75, 3.05) is 7.05 Å². The number of rotatable bonds is 8. The third-order valence-electron chi connectivity index (χ3n) is 5.61. The average molecular weight is 602 g/mol. The van der Waals surface area contributed by atoms with Gasteiger partial charge in [-0.15, -0.1) is 22.7 Å². The molecule has 0 unspecified atom stereocenters. The largest absolute Gasteiger partial charge is 0.506 e. The van der Waals surface area contributed by atoms with Crippen LogP contribution in [0.4, 0.5) is 0 Å². The number of thiophene rings is 2. The van der Waals surface area contributed by atoms with Gasteiger partial charge in [0, 0.05) is 24.5 Å². The van der Waals surface area contributed by atoms with Crippen LogP contribution in [0.2, 0.25) is 10.0 Å². The number of hydrogen-bond acceptors (Lipinski definition) is 7. The molecule has 0 aliphatic carbocycles. The summed E-state index contributed by atoms with van der Waals surface area (Å²) in [6.07, 6.45) is 0. The summed E-state index contributed by atoms with van der Waals surface area (Å²) in [6.45, 7) is 1.93. The van der Waals surface area contributed by atoms with E-state index in [1.165, 1.54) is 11.3 Å². The highest BCUT2D eigenvalue weighted by Gasteiger charge is 2.17. The standard InChI is InChI=1S/C27H22Cl2N4O4S2/c1-14(18-13-38-24(23(18)34)17-7-8-19(28)20(29)11-17)32-33-27(37)22-10-9-21(39-22)26(36)31-12-15-3-5-16(6-4-15)25(35)30-2/h3-11,13,34H,12H2,1-2H3,(H,30,35)(H,31,36)(H,33,37). The van der Waals surface area contributed by atoms with Crippen LogP contribution >= 0.6 is 45.9 Å². The third-order valence-corrected chi connectivity index (χ3v) is 8.45. The summed E-state index contributed by atoms with van der Waals surface area (Å²) in [5.74, 6) is -0.975. The highest BCUT2D eigenvalue weighted by molar-refractivity contribution is 7.16. The highest BCUT2D eigenvalue weighted by Crippen LogP contribution is 2.40. The molecule has 0 fully saturated rings. The van der Waals surface area contributed by atoms with Crippen molar-refractivity contribution < 1.29 is 19.5 Å². The number of nitrogens with zero attached hydrogens (tertiary/aromatic N) is 1. The van der Waals surface area contributed by atoms with Crippen molar-refractivity contribution in [2.24, 2.45) is 5.10 Å². The number of carbonyl (C=O) groups is 3. The Morgan fingerprint density at radius 3 is 2.28 bits per heavy atom. The van der Waals surface area contributed by atoms with Crippen LogP contribution in [0.3, 0.4) is 0 Å². The molecular weight excluding hydrogens is 579 g/mol. The lowest BCUT2D eigenvalue weighted by atomic mass is 10.1. The SMILES string of the molecule is CNC(=O)c1ccc(CNC(=O)c2ccc(C(=O)NN=C(C)c3csc(-c4ccc(Cl)c(Cl)c4)c3O)s2)cc1. The minimum atomic E-state index is -0.484. The van der Waals surface area contributed by atoms with Crippen LogP contribution in [-0.4, -0.2) is 35.6 Å². The monoisotopic (exact) mass is 600 g/mol. The Hall–Kier alpha value is -3.70. The second-order valence-electron chi connectivity index (χ2n) is 8.22. The van der Waals surface area contributed by atoms with Crippen molar-refractivity contribution in [1.29, 1.82) is 0 Å². The molecule has 0 bridgehead atoms. The first-order valence-electron chi connectivity index (χ1n) is 11.5. The van der Waals surface area contributed by atoms with E-state index in [9.17, 15) is 19.5 Å². The number of halogens is 2. The molecule has 39 heavy (non-hydrogen) atoms. The predicted molar refractivity (Wildman–Crippen MR) is 156 cm³/mol. The van der Waals surface area contributed by atoms with Gasteiger partial charge in [0.2, 0.25) is 0 Å². The third kappa shape index (κ3) is 6.66. The summed E-state index contributed by atoms with van der Waals surface area (Å²) in [4.78, 5) is 38.1. The lowest BCUT2D eigenvalue weighted by Crippen LogP contribution is -2.22. The molecular formula is C27H22Cl2N4O4S2. The van der Waals surface area contributed by atoms with Crippen LogP contribution in [0.1, 0.15) is 47.8 Å². The molecule has 2 aromatic carbocycles. The van der Waals surface area contributed by atoms with E-state index in [1.54, 1.807) is 73.9 Å². The summed E-state index contributed by atoms with van der Waals surface area (Å²) in [7, 11) is 1.56. The normalized spacial score (nSPS) is 11.2. The van der Waals surface area contributed by atoms with Gasteiger partial charge in [-0.05, 0) is 54.4 Å². The molecule has 0 atom stereocenters. The molecule has 3 amide bonds. The number of aromatic hydroxyl groups is 1. The molecule has 0 spiro atoms. The van der Waals surface area contributed by atoms with E-state index >= 15 is 0 Å². The lowest BCUT2D eigenvalue weighted by molar-refractivity contribution is 0.0948. The molecule has 2 aromatic heterocycles. The van der Waals surface area contributed by atoms with Gasteiger partial charge in [0.15, 0.2) is 0 Å². The molecule has 4 aromatic rings. The molecule has 4 N–H and O–H groups in total. The smallest absolute Gasteiger partial charge is 0.281 e. The first kappa shape index (κ1) is 28.3. The first-order valence-corrected chi connectivity index (χ1v) is 13.9. The van der Waals surface area contributed by atoms with Gasteiger partial charge in [-0.1, -0.05) is 41.4 Å². The Morgan fingerprint density at radius 2 is 1.62 bits per heavy atom. The number of hydrogen-bond donors (Lipinski definition) is 4. The number of carbonyl (C=O) groups excluding carboxylic acids is 3. The number of amides is 3. The maximum Gasteiger partial charge on any atom is 0.281 e. The molecule has 0 aliphatic rings. The van der Waals surface area contributed by atoms with Crippen molar-refractivity contribution >= 4 is 69.3 Å². The minimum Gasteiger partial charge on any atom is -0.506 e. The molecule has 0 radical (unpaired) electrons. The number of benzene rings is 2. The van der Waals surface area contributed by atoms with Gasteiger partial charge in [0.1, 0.15) is 5.75 Å². The maximum absolute atomic E-state index is 12.6. The second-order valence-corrected chi connectivity index (χ2v) is 11.0. The number of nitrogens with one attached hydrogen (secondary N) is 3. The van der Waals surface area contributed by atoms with Crippen molar-refractivity contribution in [3.63, 3.8) is 0 Å².